The number of rotatable bonds is 3. The summed E-state index contributed by atoms with van der Waals surface area (Å²) in [5.41, 5.74) is 2.50. The lowest BCUT2D eigenvalue weighted by Gasteiger charge is -2.21. The highest BCUT2D eigenvalue weighted by atomic mass is 79.9. The number of aromatic nitrogens is 2. The topological polar surface area (TPSA) is 29.9 Å². The molecule has 1 aromatic heterocycles. The molecule has 0 radical (unpaired) electrons. The normalized spacial score (nSPS) is 11.8. The van der Waals surface area contributed by atoms with Crippen LogP contribution in [0.4, 0.5) is 0 Å². The molecule has 2 aromatic rings. The molecule has 0 saturated carbocycles. The summed E-state index contributed by atoms with van der Waals surface area (Å²) in [7, 11) is 0. The summed E-state index contributed by atoms with van der Waals surface area (Å²) in [5, 5.41) is 3.48. The van der Waals surface area contributed by atoms with Gasteiger partial charge in [-0.25, -0.2) is 4.98 Å². The second kappa shape index (κ2) is 5.24. The monoisotopic (exact) mass is 307 g/mol. The lowest BCUT2D eigenvalue weighted by Crippen LogP contribution is -2.35. The fourth-order valence-electron chi connectivity index (χ4n) is 1.61. The zero-order valence-electron chi connectivity index (χ0n) is 10.9. The Bertz CT molecular complexity index is 512. The van der Waals surface area contributed by atoms with E-state index in [1.54, 1.807) is 12.5 Å². The van der Waals surface area contributed by atoms with Crippen molar-refractivity contribution >= 4 is 15.9 Å². The van der Waals surface area contributed by atoms with Gasteiger partial charge in [-0.15, -0.1) is 0 Å². The van der Waals surface area contributed by atoms with Crippen molar-refractivity contribution in [2.75, 3.05) is 0 Å². The van der Waals surface area contributed by atoms with Crippen LogP contribution in [0.1, 0.15) is 26.3 Å². The minimum Gasteiger partial charge on any atom is -0.308 e. The van der Waals surface area contributed by atoms with Crippen LogP contribution >= 0.6 is 15.9 Å². The first kappa shape index (κ1) is 13.3. The first-order chi connectivity index (χ1) is 8.46. The third-order valence-corrected chi connectivity index (χ3v) is 3.39. The van der Waals surface area contributed by atoms with E-state index in [1.807, 2.05) is 10.8 Å². The largest absolute Gasteiger partial charge is 0.308 e. The Morgan fingerprint density at radius 3 is 2.67 bits per heavy atom. The lowest BCUT2D eigenvalue weighted by molar-refractivity contribution is 0.424. The summed E-state index contributed by atoms with van der Waals surface area (Å²) >= 11 is 3.63. The Hall–Kier alpha value is -1.13. The molecule has 0 spiro atoms. The average Bonchev–Trinajstić information content (AvgIpc) is 2.79. The SMILES string of the molecule is CC(C)(C)NCc1ccc(-n2ccnc2)cc1Br. The number of hydrogen-bond donors (Lipinski definition) is 1. The molecule has 0 fully saturated rings. The van der Waals surface area contributed by atoms with E-state index in [-0.39, 0.29) is 5.54 Å². The van der Waals surface area contributed by atoms with Crippen LogP contribution in [0.15, 0.2) is 41.4 Å². The van der Waals surface area contributed by atoms with E-state index in [2.05, 4.69) is 65.2 Å². The van der Waals surface area contributed by atoms with Crippen molar-refractivity contribution in [3.63, 3.8) is 0 Å². The molecule has 4 heteroatoms. The van der Waals surface area contributed by atoms with E-state index in [4.69, 9.17) is 0 Å². The van der Waals surface area contributed by atoms with Gasteiger partial charge in [-0.3, -0.25) is 0 Å². The molecule has 1 aromatic carbocycles. The highest BCUT2D eigenvalue weighted by molar-refractivity contribution is 9.10. The second-order valence-corrected chi connectivity index (χ2v) is 6.20. The summed E-state index contributed by atoms with van der Waals surface area (Å²) in [6, 6.07) is 6.35. The molecule has 0 saturated heterocycles. The number of halogens is 1. The summed E-state index contributed by atoms with van der Waals surface area (Å²) < 4.78 is 3.11. The second-order valence-electron chi connectivity index (χ2n) is 5.35. The van der Waals surface area contributed by atoms with Crippen LogP contribution in [0.25, 0.3) is 5.69 Å². The fourth-order valence-corrected chi connectivity index (χ4v) is 2.12. The molecule has 0 aliphatic carbocycles. The standard InChI is InChI=1S/C14H18BrN3/c1-14(2,3)17-9-11-4-5-12(8-13(11)15)18-7-6-16-10-18/h4-8,10,17H,9H2,1-3H3. The minimum atomic E-state index is 0.127. The Morgan fingerprint density at radius 1 is 1.33 bits per heavy atom. The van der Waals surface area contributed by atoms with Crippen molar-refractivity contribution in [1.82, 2.24) is 14.9 Å². The maximum absolute atomic E-state index is 4.05. The summed E-state index contributed by atoms with van der Waals surface area (Å²) in [5.74, 6) is 0. The van der Waals surface area contributed by atoms with Gasteiger partial charge in [-0.05, 0) is 38.5 Å². The third-order valence-electron chi connectivity index (χ3n) is 2.65. The molecule has 0 atom stereocenters. The summed E-state index contributed by atoms with van der Waals surface area (Å²) in [6.07, 6.45) is 5.52. The van der Waals surface area contributed by atoms with E-state index in [0.717, 1.165) is 16.7 Å². The van der Waals surface area contributed by atoms with Gasteiger partial charge in [0.2, 0.25) is 0 Å². The number of imidazole rings is 1. The first-order valence-electron chi connectivity index (χ1n) is 5.97. The van der Waals surface area contributed by atoms with Gasteiger partial charge >= 0.3 is 0 Å². The predicted molar refractivity (Wildman–Crippen MR) is 77.9 cm³/mol. The van der Waals surface area contributed by atoms with Crippen molar-refractivity contribution in [1.29, 1.82) is 0 Å². The molecule has 1 N–H and O–H groups in total. The molecule has 96 valence electrons. The van der Waals surface area contributed by atoms with Gasteiger partial charge in [0.05, 0.1) is 6.33 Å². The van der Waals surface area contributed by atoms with Crippen molar-refractivity contribution in [2.45, 2.75) is 32.9 Å². The van der Waals surface area contributed by atoms with Crippen molar-refractivity contribution in [3.8, 4) is 5.69 Å². The van der Waals surface area contributed by atoms with Crippen molar-refractivity contribution < 1.29 is 0 Å². The van der Waals surface area contributed by atoms with Crippen molar-refractivity contribution in [2.24, 2.45) is 0 Å². The van der Waals surface area contributed by atoms with Crippen molar-refractivity contribution in [3.05, 3.63) is 47.0 Å². The quantitative estimate of drug-likeness (QED) is 0.940. The zero-order chi connectivity index (χ0) is 13.2. The fraction of sp³-hybridized carbons (Fsp3) is 0.357. The lowest BCUT2D eigenvalue weighted by atomic mass is 10.1. The van der Waals surface area contributed by atoms with Crippen LogP contribution in [0.5, 0.6) is 0 Å². The van der Waals surface area contributed by atoms with Crippen LogP contribution in [0.2, 0.25) is 0 Å². The Balaban J connectivity index is 2.16. The van der Waals surface area contributed by atoms with Gasteiger partial charge in [0.1, 0.15) is 0 Å². The van der Waals surface area contributed by atoms with E-state index in [0.29, 0.717) is 0 Å². The molecule has 3 nitrogen and oxygen atoms in total. The molecule has 18 heavy (non-hydrogen) atoms. The molecule has 0 aliphatic rings. The van der Waals surface area contributed by atoms with Gasteiger partial charge < -0.3 is 9.88 Å². The summed E-state index contributed by atoms with van der Waals surface area (Å²) in [6.45, 7) is 7.36. The van der Waals surface area contributed by atoms with Crippen LogP contribution in [0.3, 0.4) is 0 Å². The number of nitrogens with zero attached hydrogens (tertiary/aromatic N) is 2. The van der Waals surface area contributed by atoms with E-state index in [9.17, 15) is 0 Å². The Labute approximate surface area is 116 Å². The van der Waals surface area contributed by atoms with E-state index < -0.39 is 0 Å². The van der Waals surface area contributed by atoms with Crippen LogP contribution in [-0.2, 0) is 6.54 Å². The molecule has 0 bridgehead atoms. The number of benzene rings is 1. The third kappa shape index (κ3) is 3.43. The van der Waals surface area contributed by atoms with E-state index >= 15 is 0 Å². The van der Waals surface area contributed by atoms with E-state index in [1.165, 1.54) is 5.56 Å². The Kier molecular flexibility index (Phi) is 3.88. The first-order valence-corrected chi connectivity index (χ1v) is 6.77. The molecule has 0 aliphatic heterocycles. The van der Waals surface area contributed by atoms with Gasteiger partial charge in [0.15, 0.2) is 0 Å². The highest BCUT2D eigenvalue weighted by Crippen LogP contribution is 2.21. The smallest absolute Gasteiger partial charge is 0.0991 e. The number of hydrogen-bond acceptors (Lipinski definition) is 2. The van der Waals surface area contributed by atoms with Crippen LogP contribution < -0.4 is 5.32 Å². The number of nitrogens with one attached hydrogen (secondary N) is 1. The maximum Gasteiger partial charge on any atom is 0.0991 e. The molecule has 0 amide bonds. The summed E-state index contributed by atoms with van der Waals surface area (Å²) in [4.78, 5) is 4.05. The van der Waals surface area contributed by atoms with Gasteiger partial charge in [-0.2, -0.15) is 0 Å². The molecule has 0 unspecified atom stereocenters. The average molecular weight is 308 g/mol. The minimum absolute atomic E-state index is 0.127. The molecule has 1 heterocycles. The van der Waals surface area contributed by atoms with Gasteiger partial charge in [0.25, 0.3) is 0 Å². The Morgan fingerprint density at radius 2 is 2.11 bits per heavy atom. The molecular weight excluding hydrogens is 290 g/mol. The van der Waals surface area contributed by atoms with Crippen LogP contribution in [0, 0.1) is 0 Å². The molecular formula is C14H18BrN3. The van der Waals surface area contributed by atoms with Gasteiger partial charge in [0, 0.05) is 34.6 Å². The zero-order valence-corrected chi connectivity index (χ0v) is 12.5. The molecule has 2 rings (SSSR count). The van der Waals surface area contributed by atoms with Crippen LogP contribution in [-0.4, -0.2) is 15.1 Å². The highest BCUT2D eigenvalue weighted by Gasteiger charge is 2.10. The van der Waals surface area contributed by atoms with Gasteiger partial charge in [-0.1, -0.05) is 22.0 Å². The predicted octanol–water partition coefficient (Wildman–Crippen LogP) is 3.52. The maximum atomic E-state index is 4.05.